The van der Waals surface area contributed by atoms with Crippen LogP contribution in [-0.2, 0) is 11.2 Å². The average Bonchev–Trinajstić information content (AvgIpc) is 3.04. The summed E-state index contributed by atoms with van der Waals surface area (Å²) in [7, 11) is 0. The van der Waals surface area contributed by atoms with Crippen LogP contribution in [-0.4, -0.2) is 15.7 Å². The minimum atomic E-state index is -0.0581. The van der Waals surface area contributed by atoms with Crippen LogP contribution in [0.5, 0.6) is 0 Å². The average molecular weight is 384 g/mol. The zero-order valence-corrected chi connectivity index (χ0v) is 14.9. The number of halogens is 1. The van der Waals surface area contributed by atoms with E-state index in [0.29, 0.717) is 6.42 Å². The molecule has 1 heterocycles. The SMILES string of the molecule is CC(NC(=O)Cc1cnn(-c2ccccc2)c1)c1ccccc1Br. The molecular weight excluding hydrogens is 366 g/mol. The first-order valence-electron chi connectivity index (χ1n) is 7.76. The molecule has 122 valence electrons. The van der Waals surface area contributed by atoms with Gasteiger partial charge in [-0.1, -0.05) is 52.3 Å². The number of carbonyl (C=O) groups is 1. The Morgan fingerprint density at radius 1 is 1.17 bits per heavy atom. The van der Waals surface area contributed by atoms with Gasteiger partial charge in [-0.3, -0.25) is 4.79 Å². The number of para-hydroxylation sites is 1. The summed E-state index contributed by atoms with van der Waals surface area (Å²) < 4.78 is 2.77. The van der Waals surface area contributed by atoms with Gasteiger partial charge in [-0.05, 0) is 36.2 Å². The lowest BCUT2D eigenvalue weighted by Gasteiger charge is -2.15. The molecule has 0 saturated heterocycles. The van der Waals surface area contributed by atoms with Crippen LogP contribution in [0, 0.1) is 0 Å². The standard InChI is InChI=1S/C19H18BrN3O/c1-14(17-9-5-6-10-18(17)20)22-19(24)11-15-12-21-23(13-15)16-7-3-2-4-8-16/h2-10,12-14H,11H2,1H3,(H,22,24). The molecule has 1 N–H and O–H groups in total. The van der Waals surface area contributed by atoms with Gasteiger partial charge >= 0.3 is 0 Å². The van der Waals surface area contributed by atoms with Crippen molar-refractivity contribution in [2.24, 2.45) is 0 Å². The first-order valence-corrected chi connectivity index (χ1v) is 8.55. The van der Waals surface area contributed by atoms with Crippen molar-refractivity contribution in [2.45, 2.75) is 19.4 Å². The van der Waals surface area contributed by atoms with Gasteiger partial charge < -0.3 is 5.32 Å². The van der Waals surface area contributed by atoms with Crippen molar-refractivity contribution in [2.75, 3.05) is 0 Å². The quantitative estimate of drug-likeness (QED) is 0.721. The highest BCUT2D eigenvalue weighted by Gasteiger charge is 2.13. The van der Waals surface area contributed by atoms with Crippen LogP contribution < -0.4 is 5.32 Å². The van der Waals surface area contributed by atoms with Crippen molar-refractivity contribution >= 4 is 21.8 Å². The maximum atomic E-state index is 12.3. The molecule has 3 aromatic rings. The maximum Gasteiger partial charge on any atom is 0.225 e. The molecule has 4 nitrogen and oxygen atoms in total. The van der Waals surface area contributed by atoms with E-state index in [4.69, 9.17) is 0 Å². The van der Waals surface area contributed by atoms with Crippen LogP contribution in [0.3, 0.4) is 0 Å². The molecule has 0 aliphatic carbocycles. The molecule has 0 spiro atoms. The Hall–Kier alpha value is -2.40. The van der Waals surface area contributed by atoms with Crippen LogP contribution >= 0.6 is 15.9 Å². The predicted molar refractivity (Wildman–Crippen MR) is 98.0 cm³/mol. The number of hydrogen-bond acceptors (Lipinski definition) is 2. The second kappa shape index (κ2) is 7.45. The summed E-state index contributed by atoms with van der Waals surface area (Å²) >= 11 is 3.52. The highest BCUT2D eigenvalue weighted by atomic mass is 79.9. The van der Waals surface area contributed by atoms with Crippen LogP contribution in [0.4, 0.5) is 0 Å². The Morgan fingerprint density at radius 3 is 2.62 bits per heavy atom. The van der Waals surface area contributed by atoms with Gasteiger partial charge in [-0.2, -0.15) is 5.10 Å². The number of carbonyl (C=O) groups excluding carboxylic acids is 1. The number of hydrogen-bond donors (Lipinski definition) is 1. The van der Waals surface area contributed by atoms with Gasteiger partial charge in [0.15, 0.2) is 0 Å². The molecule has 24 heavy (non-hydrogen) atoms. The molecule has 0 fully saturated rings. The van der Waals surface area contributed by atoms with E-state index < -0.39 is 0 Å². The number of benzene rings is 2. The molecule has 1 amide bonds. The van der Waals surface area contributed by atoms with E-state index in [1.807, 2.05) is 67.7 Å². The maximum absolute atomic E-state index is 12.3. The van der Waals surface area contributed by atoms with Gasteiger partial charge in [-0.25, -0.2) is 4.68 Å². The predicted octanol–water partition coefficient (Wildman–Crippen LogP) is 4.05. The largest absolute Gasteiger partial charge is 0.349 e. The summed E-state index contributed by atoms with van der Waals surface area (Å²) in [5, 5.41) is 7.35. The monoisotopic (exact) mass is 383 g/mol. The molecular formula is C19H18BrN3O. The minimum Gasteiger partial charge on any atom is -0.349 e. The fourth-order valence-corrected chi connectivity index (χ4v) is 3.18. The third-order valence-corrected chi connectivity index (χ3v) is 4.49. The highest BCUT2D eigenvalue weighted by molar-refractivity contribution is 9.10. The van der Waals surface area contributed by atoms with E-state index in [0.717, 1.165) is 21.3 Å². The zero-order valence-electron chi connectivity index (χ0n) is 13.3. The normalized spacial score (nSPS) is 11.9. The van der Waals surface area contributed by atoms with E-state index in [-0.39, 0.29) is 11.9 Å². The molecule has 0 saturated carbocycles. The molecule has 1 unspecified atom stereocenters. The molecule has 0 radical (unpaired) electrons. The number of rotatable bonds is 5. The second-order valence-corrected chi connectivity index (χ2v) is 6.47. The Bertz CT molecular complexity index is 829. The lowest BCUT2D eigenvalue weighted by atomic mass is 10.1. The third kappa shape index (κ3) is 3.92. The van der Waals surface area contributed by atoms with Crippen molar-refractivity contribution in [3.63, 3.8) is 0 Å². The lowest BCUT2D eigenvalue weighted by Crippen LogP contribution is -2.28. The van der Waals surface area contributed by atoms with Crippen molar-refractivity contribution in [3.05, 3.63) is 82.6 Å². The summed E-state index contributed by atoms with van der Waals surface area (Å²) in [5.41, 5.74) is 2.92. The number of nitrogens with zero attached hydrogens (tertiary/aromatic N) is 2. The molecule has 3 rings (SSSR count). The molecule has 0 aliphatic heterocycles. The summed E-state index contributed by atoms with van der Waals surface area (Å²) in [6.07, 6.45) is 3.93. The van der Waals surface area contributed by atoms with Crippen LogP contribution in [0.1, 0.15) is 24.1 Å². The van der Waals surface area contributed by atoms with Gasteiger partial charge in [0.2, 0.25) is 5.91 Å². The molecule has 2 aromatic carbocycles. The Labute approximate surface area is 149 Å². The van der Waals surface area contributed by atoms with Gasteiger partial charge in [0.05, 0.1) is 24.3 Å². The van der Waals surface area contributed by atoms with Crippen LogP contribution in [0.2, 0.25) is 0 Å². The molecule has 0 bridgehead atoms. The fourth-order valence-electron chi connectivity index (χ4n) is 2.56. The van der Waals surface area contributed by atoms with Crippen molar-refractivity contribution < 1.29 is 4.79 Å². The van der Waals surface area contributed by atoms with E-state index >= 15 is 0 Å². The van der Waals surface area contributed by atoms with Crippen molar-refractivity contribution in [1.29, 1.82) is 0 Å². The first-order chi connectivity index (χ1) is 11.6. The van der Waals surface area contributed by atoms with Gasteiger partial charge in [0, 0.05) is 10.7 Å². The summed E-state index contributed by atoms with van der Waals surface area (Å²) in [5.74, 6) is -0.0223. The van der Waals surface area contributed by atoms with Crippen molar-refractivity contribution in [3.8, 4) is 5.69 Å². The second-order valence-electron chi connectivity index (χ2n) is 5.62. The number of nitrogens with one attached hydrogen (secondary N) is 1. The summed E-state index contributed by atoms with van der Waals surface area (Å²) in [6, 6.07) is 17.7. The molecule has 0 aliphatic rings. The van der Waals surface area contributed by atoms with Crippen molar-refractivity contribution in [1.82, 2.24) is 15.1 Å². The third-order valence-electron chi connectivity index (χ3n) is 3.77. The minimum absolute atomic E-state index is 0.0223. The Balaban J connectivity index is 1.63. The number of amides is 1. The van der Waals surface area contributed by atoms with Gasteiger partial charge in [0.25, 0.3) is 0 Å². The summed E-state index contributed by atoms with van der Waals surface area (Å²) in [4.78, 5) is 12.3. The van der Waals surface area contributed by atoms with Gasteiger partial charge in [-0.15, -0.1) is 0 Å². The van der Waals surface area contributed by atoms with E-state index in [1.54, 1.807) is 10.9 Å². The Morgan fingerprint density at radius 2 is 1.88 bits per heavy atom. The molecule has 1 aromatic heterocycles. The van der Waals surface area contributed by atoms with E-state index in [2.05, 4.69) is 26.3 Å². The van der Waals surface area contributed by atoms with E-state index in [1.165, 1.54) is 0 Å². The Kier molecular flexibility index (Phi) is 5.11. The fraction of sp³-hybridized carbons (Fsp3) is 0.158. The highest BCUT2D eigenvalue weighted by Crippen LogP contribution is 2.22. The van der Waals surface area contributed by atoms with Crippen LogP contribution in [0.15, 0.2) is 71.5 Å². The van der Waals surface area contributed by atoms with Crippen LogP contribution in [0.25, 0.3) is 5.69 Å². The topological polar surface area (TPSA) is 46.9 Å². The van der Waals surface area contributed by atoms with E-state index in [9.17, 15) is 4.79 Å². The van der Waals surface area contributed by atoms with Gasteiger partial charge in [0.1, 0.15) is 0 Å². The zero-order chi connectivity index (χ0) is 16.9. The summed E-state index contributed by atoms with van der Waals surface area (Å²) in [6.45, 7) is 1.98. The molecule has 1 atom stereocenters. The lowest BCUT2D eigenvalue weighted by molar-refractivity contribution is -0.121. The first kappa shape index (κ1) is 16.5. The smallest absolute Gasteiger partial charge is 0.225 e. The molecule has 5 heteroatoms. The number of aromatic nitrogens is 2.